The average molecular weight is 268 g/mol. The highest BCUT2D eigenvalue weighted by Gasteiger charge is 2.28. The van der Waals surface area contributed by atoms with E-state index in [1.54, 1.807) is 19.0 Å². The first-order valence-corrected chi connectivity index (χ1v) is 7.47. The van der Waals surface area contributed by atoms with E-state index >= 15 is 0 Å². The highest BCUT2D eigenvalue weighted by molar-refractivity contribution is 5.81. The molecule has 19 heavy (non-hydrogen) atoms. The average Bonchev–Trinajstić information content (AvgIpc) is 2.43. The maximum absolute atomic E-state index is 12.5. The molecule has 0 aromatic heterocycles. The monoisotopic (exact) mass is 268 g/mol. The number of hydrogen-bond acceptors (Lipinski definition) is 2. The smallest absolute Gasteiger partial charge is 0.225 e. The fourth-order valence-corrected chi connectivity index (χ4v) is 2.78. The lowest BCUT2D eigenvalue weighted by molar-refractivity contribution is -0.138. The lowest BCUT2D eigenvalue weighted by atomic mass is 9.91. The number of carbonyl (C=O) groups excluding carboxylic acids is 2. The minimum absolute atomic E-state index is 0.00278. The second-order valence-corrected chi connectivity index (χ2v) is 5.86. The van der Waals surface area contributed by atoms with Crippen molar-refractivity contribution in [3.8, 4) is 0 Å². The minimum Gasteiger partial charge on any atom is -0.349 e. The summed E-state index contributed by atoms with van der Waals surface area (Å²) in [5.74, 6) is 0.288. The Hall–Kier alpha value is -1.06. The Morgan fingerprint density at radius 2 is 1.74 bits per heavy atom. The van der Waals surface area contributed by atoms with E-state index in [4.69, 9.17) is 0 Å². The first-order chi connectivity index (χ1) is 8.97. The van der Waals surface area contributed by atoms with E-state index in [2.05, 4.69) is 0 Å². The SMILES string of the molecule is CCC(CC(C)C(=O)N(C)C)C(=O)N1CCCCC1. The zero-order valence-corrected chi connectivity index (χ0v) is 12.8. The summed E-state index contributed by atoms with van der Waals surface area (Å²) >= 11 is 0. The van der Waals surface area contributed by atoms with Crippen molar-refractivity contribution in [1.29, 1.82) is 0 Å². The van der Waals surface area contributed by atoms with E-state index in [-0.39, 0.29) is 23.7 Å². The third-order valence-electron chi connectivity index (χ3n) is 4.01. The maximum Gasteiger partial charge on any atom is 0.225 e. The predicted molar refractivity (Wildman–Crippen MR) is 76.7 cm³/mol. The summed E-state index contributed by atoms with van der Waals surface area (Å²) in [7, 11) is 3.54. The fourth-order valence-electron chi connectivity index (χ4n) is 2.78. The summed E-state index contributed by atoms with van der Waals surface area (Å²) in [6.45, 7) is 5.75. The molecule has 2 unspecified atom stereocenters. The van der Waals surface area contributed by atoms with Crippen LogP contribution in [0.2, 0.25) is 0 Å². The number of hydrogen-bond donors (Lipinski definition) is 0. The normalized spacial score (nSPS) is 18.8. The van der Waals surface area contributed by atoms with Crippen LogP contribution in [0.1, 0.15) is 46.0 Å². The van der Waals surface area contributed by atoms with Gasteiger partial charge >= 0.3 is 0 Å². The van der Waals surface area contributed by atoms with Crippen molar-refractivity contribution in [3.05, 3.63) is 0 Å². The van der Waals surface area contributed by atoms with Gasteiger partial charge in [0.05, 0.1) is 0 Å². The Morgan fingerprint density at radius 1 is 1.16 bits per heavy atom. The van der Waals surface area contributed by atoms with Crippen LogP contribution in [-0.2, 0) is 9.59 Å². The first kappa shape index (κ1) is 16.0. The Labute approximate surface area is 117 Å². The van der Waals surface area contributed by atoms with Crippen molar-refractivity contribution in [1.82, 2.24) is 9.80 Å². The molecule has 0 aliphatic carbocycles. The fraction of sp³-hybridized carbons (Fsp3) is 0.867. The third kappa shape index (κ3) is 4.51. The molecule has 2 atom stereocenters. The zero-order valence-electron chi connectivity index (χ0n) is 12.8. The van der Waals surface area contributed by atoms with Crippen molar-refractivity contribution in [3.63, 3.8) is 0 Å². The van der Waals surface area contributed by atoms with Crippen LogP contribution in [-0.4, -0.2) is 48.8 Å². The van der Waals surface area contributed by atoms with Crippen LogP contribution >= 0.6 is 0 Å². The topological polar surface area (TPSA) is 40.6 Å². The molecule has 110 valence electrons. The molecule has 0 N–H and O–H groups in total. The molecule has 4 heteroatoms. The van der Waals surface area contributed by atoms with Crippen molar-refractivity contribution in [2.75, 3.05) is 27.2 Å². The lowest BCUT2D eigenvalue weighted by Crippen LogP contribution is -2.41. The van der Waals surface area contributed by atoms with Gasteiger partial charge < -0.3 is 9.80 Å². The van der Waals surface area contributed by atoms with Gasteiger partial charge in [-0.05, 0) is 32.1 Å². The Morgan fingerprint density at radius 3 is 2.21 bits per heavy atom. The molecule has 0 bridgehead atoms. The lowest BCUT2D eigenvalue weighted by Gasteiger charge is -2.31. The van der Waals surface area contributed by atoms with E-state index in [0.29, 0.717) is 6.42 Å². The molecule has 0 aromatic rings. The molecule has 1 fully saturated rings. The molecule has 0 saturated carbocycles. The van der Waals surface area contributed by atoms with Crippen molar-refractivity contribution < 1.29 is 9.59 Å². The van der Waals surface area contributed by atoms with Gasteiger partial charge in [0.15, 0.2) is 0 Å². The molecule has 1 aliphatic rings. The minimum atomic E-state index is -0.0753. The summed E-state index contributed by atoms with van der Waals surface area (Å²) in [5.41, 5.74) is 0. The molecule has 4 nitrogen and oxygen atoms in total. The molecule has 1 saturated heterocycles. The van der Waals surface area contributed by atoms with Gasteiger partial charge in [0.1, 0.15) is 0 Å². The molecule has 1 heterocycles. The van der Waals surface area contributed by atoms with Gasteiger partial charge in [0.25, 0.3) is 0 Å². The Bertz CT molecular complexity index is 309. The maximum atomic E-state index is 12.5. The van der Waals surface area contributed by atoms with Crippen molar-refractivity contribution in [2.45, 2.75) is 46.0 Å². The van der Waals surface area contributed by atoms with Crippen LogP contribution in [0.5, 0.6) is 0 Å². The zero-order chi connectivity index (χ0) is 14.4. The van der Waals surface area contributed by atoms with Gasteiger partial charge in [0, 0.05) is 39.0 Å². The second kappa shape index (κ2) is 7.51. The van der Waals surface area contributed by atoms with Gasteiger partial charge in [-0.15, -0.1) is 0 Å². The quantitative estimate of drug-likeness (QED) is 0.766. The van der Waals surface area contributed by atoms with E-state index in [0.717, 1.165) is 32.4 Å². The van der Waals surface area contributed by atoms with Gasteiger partial charge in [-0.3, -0.25) is 9.59 Å². The van der Waals surface area contributed by atoms with E-state index in [1.165, 1.54) is 6.42 Å². The summed E-state index contributed by atoms with van der Waals surface area (Å²) in [6, 6.07) is 0. The summed E-state index contributed by atoms with van der Waals surface area (Å²) in [5, 5.41) is 0. The van der Waals surface area contributed by atoms with Crippen LogP contribution < -0.4 is 0 Å². The van der Waals surface area contributed by atoms with Gasteiger partial charge in [0.2, 0.25) is 11.8 Å². The molecule has 2 amide bonds. The van der Waals surface area contributed by atoms with E-state index < -0.39 is 0 Å². The number of piperidine rings is 1. The predicted octanol–water partition coefficient (Wildman–Crippen LogP) is 2.14. The van der Waals surface area contributed by atoms with E-state index in [9.17, 15) is 9.59 Å². The molecular weight excluding hydrogens is 240 g/mol. The number of nitrogens with zero attached hydrogens (tertiary/aromatic N) is 2. The highest BCUT2D eigenvalue weighted by atomic mass is 16.2. The standard InChI is InChI=1S/C15H28N2O2/c1-5-13(11-12(2)14(18)16(3)4)15(19)17-9-7-6-8-10-17/h12-13H,5-11H2,1-4H3. The van der Waals surface area contributed by atoms with Gasteiger partial charge in [-0.2, -0.15) is 0 Å². The molecule has 0 aromatic carbocycles. The molecular formula is C15H28N2O2. The summed E-state index contributed by atoms with van der Waals surface area (Å²) in [4.78, 5) is 28.0. The molecule has 1 aliphatic heterocycles. The summed E-state index contributed by atoms with van der Waals surface area (Å²) < 4.78 is 0. The van der Waals surface area contributed by atoms with Crippen LogP contribution in [0.4, 0.5) is 0 Å². The summed E-state index contributed by atoms with van der Waals surface area (Å²) in [6.07, 6.45) is 4.96. The number of carbonyl (C=O) groups is 2. The van der Waals surface area contributed by atoms with Crippen molar-refractivity contribution in [2.24, 2.45) is 11.8 Å². The van der Waals surface area contributed by atoms with Crippen LogP contribution in [0.25, 0.3) is 0 Å². The number of likely N-dealkylation sites (tertiary alicyclic amines) is 1. The van der Waals surface area contributed by atoms with E-state index in [1.807, 2.05) is 18.7 Å². The largest absolute Gasteiger partial charge is 0.349 e. The Balaban J connectivity index is 2.56. The van der Waals surface area contributed by atoms with Gasteiger partial charge in [-0.25, -0.2) is 0 Å². The highest BCUT2D eigenvalue weighted by Crippen LogP contribution is 2.21. The number of rotatable bonds is 5. The van der Waals surface area contributed by atoms with Crippen LogP contribution in [0, 0.1) is 11.8 Å². The van der Waals surface area contributed by atoms with Crippen LogP contribution in [0.15, 0.2) is 0 Å². The second-order valence-electron chi connectivity index (χ2n) is 5.86. The Kier molecular flexibility index (Phi) is 6.32. The number of amides is 2. The molecule has 0 spiro atoms. The van der Waals surface area contributed by atoms with Crippen molar-refractivity contribution >= 4 is 11.8 Å². The molecule has 1 rings (SSSR count). The van der Waals surface area contributed by atoms with Crippen LogP contribution in [0.3, 0.4) is 0 Å². The molecule has 0 radical (unpaired) electrons. The first-order valence-electron chi connectivity index (χ1n) is 7.47. The van der Waals surface area contributed by atoms with Gasteiger partial charge in [-0.1, -0.05) is 13.8 Å². The third-order valence-corrected chi connectivity index (χ3v) is 4.01.